The number of hydrogen-bond acceptors (Lipinski definition) is 0. The van der Waals surface area contributed by atoms with Crippen LogP contribution in [0.15, 0.2) is 467 Å². The first-order valence-electron chi connectivity index (χ1n) is 52.7. The van der Waals surface area contributed by atoms with E-state index in [1.54, 1.807) is 0 Å². The number of fused-ring (bicyclic) bond motifs is 3. The predicted octanol–water partition coefficient (Wildman–Crippen LogP) is 40.2. The van der Waals surface area contributed by atoms with E-state index < -0.39 is 24.2 Å². The maximum absolute atomic E-state index is 2.49. The van der Waals surface area contributed by atoms with E-state index in [2.05, 4.69) is 568 Å². The highest BCUT2D eigenvalue weighted by molar-refractivity contribution is 6.89. The van der Waals surface area contributed by atoms with Crippen molar-refractivity contribution < 1.29 is 0 Å². The van der Waals surface area contributed by atoms with E-state index in [9.17, 15) is 0 Å². The minimum absolute atomic E-state index is 0.0468. The van der Waals surface area contributed by atoms with Crippen LogP contribution in [0.1, 0.15) is 52.7 Å². The predicted molar refractivity (Wildman–Crippen MR) is 655 cm³/mol. The highest BCUT2D eigenvalue weighted by atomic mass is 28.3. The van der Waals surface area contributed by atoms with E-state index in [1.165, 1.54) is 279 Å². The first kappa shape index (κ1) is 94.3. The van der Waals surface area contributed by atoms with E-state index in [1.807, 2.05) is 0 Å². The van der Waals surface area contributed by atoms with Crippen LogP contribution in [0.2, 0.25) is 58.9 Å². The summed E-state index contributed by atoms with van der Waals surface area (Å²) >= 11 is 0. The van der Waals surface area contributed by atoms with Crippen molar-refractivity contribution >= 4 is 137 Å². The van der Waals surface area contributed by atoms with Crippen LogP contribution in [-0.2, 0) is 10.8 Å². The minimum atomic E-state index is -1.44. The van der Waals surface area contributed by atoms with Crippen molar-refractivity contribution in [3.63, 3.8) is 0 Å². The third-order valence-electron chi connectivity index (χ3n) is 31.6. The Morgan fingerprint density at radius 1 is 0.128 bits per heavy atom. The van der Waals surface area contributed by atoms with E-state index in [0.29, 0.717) is 0 Å². The highest BCUT2D eigenvalue weighted by Crippen LogP contribution is 2.54. The lowest BCUT2D eigenvalue weighted by Gasteiger charge is -2.23. The molecule has 0 bridgehead atoms. The molecule has 0 nitrogen and oxygen atoms in total. The maximum Gasteiger partial charge on any atom is 0.0775 e. The molecule has 0 N–H and O–H groups in total. The summed E-state index contributed by atoms with van der Waals surface area (Å²) in [6.45, 7) is 35.6. The van der Waals surface area contributed by atoms with Crippen molar-refractivity contribution in [2.75, 3.05) is 0 Å². The molecule has 148 heavy (non-hydrogen) atoms. The molecule has 0 aliphatic carbocycles. The van der Waals surface area contributed by atoms with Crippen LogP contribution in [-0.4, -0.2) is 24.2 Å². The van der Waals surface area contributed by atoms with Crippen LogP contribution in [0.4, 0.5) is 0 Å². The molecule has 0 unspecified atom stereocenters. The lowest BCUT2D eigenvalue weighted by Crippen LogP contribution is -2.37. The van der Waals surface area contributed by atoms with Crippen molar-refractivity contribution in [3.8, 4) is 156 Å². The summed E-state index contributed by atoms with van der Waals surface area (Å²) in [7, 11) is -4.33. The van der Waals surface area contributed by atoms with Crippen LogP contribution >= 0.6 is 0 Å². The van der Waals surface area contributed by atoms with Gasteiger partial charge in [-0.25, -0.2) is 0 Å². The number of benzene rings is 25. The Kier molecular flexibility index (Phi) is 23.7. The molecule has 25 rings (SSSR count). The van der Waals surface area contributed by atoms with Crippen molar-refractivity contribution in [2.24, 2.45) is 0 Å². The first-order valence-corrected chi connectivity index (χ1v) is 63.2. The van der Waals surface area contributed by atoms with E-state index >= 15 is 0 Å². The second kappa shape index (κ2) is 37.2. The van der Waals surface area contributed by atoms with Crippen LogP contribution in [0, 0.1) is 0 Å². The standard InChI is InChI=1S/C74H52.C71H70Si3/c1-74(2,3)57-39-37-56(38-40-57)71-46-70(55-35-29-52(30-36-55)63-24-12-18-49-15-6-9-21-60(49)63)66-42-41-64-68(53-31-25-50(26-32-53)61-22-10-16-47-13-4-7-19-58(47)61)45-69(65-43-44-67(71)73(66)72(64)65)54-33-27-51(28-34-54)62-23-11-17-48-14-5-8-20-59(48)62;1-71(2,3)57-30-22-50(23-31-57)65-45-66(54-19-13-16-51(42-54)47-24-32-58(33-25-47)72(4,5)6)62-40-41-64-68(56-21-15-18-53(44-56)49-28-36-60(37-29-49)74(10,11)12)46-67(63-39-38-61(65)69(62)70(63)64)55-20-14-17-52(43-55)48-26-34-59(35-27-48)73(7,8)9/h4-46H,1-3H3;13-46H,1-12H3. The van der Waals surface area contributed by atoms with E-state index in [0.717, 1.165) is 0 Å². The van der Waals surface area contributed by atoms with Crippen LogP contribution in [0.25, 0.3) is 253 Å². The topological polar surface area (TPSA) is 0 Å². The average Bonchev–Trinajstić information content (AvgIpc) is 0.705. The molecule has 714 valence electrons. The Morgan fingerprint density at radius 2 is 0.304 bits per heavy atom. The normalized spacial score (nSPS) is 12.3. The fourth-order valence-corrected chi connectivity index (χ4v) is 26.7. The maximum atomic E-state index is 2.49. The van der Waals surface area contributed by atoms with Gasteiger partial charge in [0, 0.05) is 0 Å². The second-order valence-electron chi connectivity index (χ2n) is 46.2. The quantitative estimate of drug-likeness (QED) is 0.0630. The molecule has 0 aromatic heterocycles. The molecule has 0 aliphatic rings. The molecule has 0 fully saturated rings. The smallest absolute Gasteiger partial charge is 0.0656 e. The Labute approximate surface area is 875 Å². The zero-order chi connectivity index (χ0) is 101. The number of hydrogen-bond donors (Lipinski definition) is 0. The highest BCUT2D eigenvalue weighted by Gasteiger charge is 2.29. The third-order valence-corrected chi connectivity index (χ3v) is 37.8. The largest absolute Gasteiger partial charge is 0.0775 e. The first-order chi connectivity index (χ1) is 71.5. The van der Waals surface area contributed by atoms with Gasteiger partial charge in [0.1, 0.15) is 0 Å². The van der Waals surface area contributed by atoms with Crippen molar-refractivity contribution in [3.05, 3.63) is 478 Å². The number of rotatable bonds is 17. The van der Waals surface area contributed by atoms with Gasteiger partial charge in [0.05, 0.1) is 24.2 Å². The van der Waals surface area contributed by atoms with Crippen molar-refractivity contribution in [1.82, 2.24) is 0 Å². The molecule has 0 spiro atoms. The van der Waals surface area contributed by atoms with Gasteiger partial charge in [0.15, 0.2) is 0 Å². The van der Waals surface area contributed by atoms with Gasteiger partial charge < -0.3 is 0 Å². The van der Waals surface area contributed by atoms with Crippen molar-refractivity contribution in [2.45, 2.75) is 111 Å². The molecule has 0 radical (unpaired) electrons. The molecule has 0 atom stereocenters. The molecule has 25 aromatic rings. The minimum Gasteiger partial charge on any atom is -0.0656 e. The molecule has 0 saturated carbocycles. The van der Waals surface area contributed by atoms with Gasteiger partial charge in [-0.1, -0.05) is 541 Å². The summed E-state index contributed by atoms with van der Waals surface area (Å²) in [4.78, 5) is 0. The van der Waals surface area contributed by atoms with Gasteiger partial charge in [-0.15, -0.1) is 0 Å². The summed E-state index contributed by atoms with van der Waals surface area (Å²) in [5, 5.41) is 27.3. The molecular weight excluding hydrogens is 1830 g/mol. The fourth-order valence-electron chi connectivity index (χ4n) is 23.2. The van der Waals surface area contributed by atoms with Crippen LogP contribution in [0.3, 0.4) is 0 Å². The summed E-state index contributed by atoms with van der Waals surface area (Å²) in [6.07, 6.45) is 0. The summed E-state index contributed by atoms with van der Waals surface area (Å²) < 4.78 is 0. The summed E-state index contributed by atoms with van der Waals surface area (Å²) in [5.74, 6) is 0. The Morgan fingerprint density at radius 3 is 0.520 bits per heavy atom. The average molecular weight is 1950 g/mol. The third kappa shape index (κ3) is 17.6. The van der Waals surface area contributed by atoms with Gasteiger partial charge in [-0.2, -0.15) is 0 Å². The molecule has 0 aliphatic heterocycles. The van der Waals surface area contributed by atoms with Gasteiger partial charge >= 0.3 is 0 Å². The molecule has 3 heteroatoms. The molecule has 0 heterocycles. The molecule has 25 aromatic carbocycles. The Bertz CT molecular complexity index is 9140. The van der Waals surface area contributed by atoms with E-state index in [4.69, 9.17) is 0 Å². The Hall–Kier alpha value is -16.0. The van der Waals surface area contributed by atoms with Crippen LogP contribution in [0.5, 0.6) is 0 Å². The second-order valence-corrected chi connectivity index (χ2v) is 61.5. The lowest BCUT2D eigenvalue weighted by atomic mass is 9.81. The SMILES string of the molecule is CC(C)(C)c1ccc(-c2cc(-c3ccc(-c4cccc5ccccc45)cc3)c3ccc4c(-c5ccc(-c6cccc7ccccc67)cc5)cc(-c5ccc(-c6cccc7ccccc67)cc5)c5ccc2c3c45)cc1.CC(C)(C)c1ccc(-c2cc(-c3cccc(-c4ccc([Si](C)(C)C)cc4)c3)c3ccc4c(-c5cccc(-c6ccc([Si](C)(C)C)cc6)c5)cc(-c5cccc(-c6ccc([Si](C)(C)C)cc6)c5)c5ccc2c3c54)cc1. The molecular formula is C145H122Si3. The Balaban J connectivity index is 0.000000158. The van der Waals surface area contributed by atoms with Gasteiger partial charge in [0.2, 0.25) is 0 Å². The van der Waals surface area contributed by atoms with Crippen LogP contribution < -0.4 is 15.6 Å². The fraction of sp³-hybridized carbons (Fsp3) is 0.117. The van der Waals surface area contributed by atoms with Gasteiger partial charge in [0.25, 0.3) is 0 Å². The summed E-state index contributed by atoms with van der Waals surface area (Å²) in [5.41, 5.74) is 37.3. The zero-order valence-corrected chi connectivity index (χ0v) is 90.5. The molecule has 0 amide bonds. The van der Waals surface area contributed by atoms with Crippen molar-refractivity contribution in [1.29, 1.82) is 0 Å². The van der Waals surface area contributed by atoms with E-state index in [-0.39, 0.29) is 10.8 Å². The van der Waals surface area contributed by atoms with Gasteiger partial charge in [-0.3, -0.25) is 0 Å². The monoisotopic (exact) mass is 1950 g/mol. The van der Waals surface area contributed by atoms with Gasteiger partial charge in [-0.05, 0) is 317 Å². The molecule has 0 saturated heterocycles. The lowest BCUT2D eigenvalue weighted by molar-refractivity contribution is 0.590. The summed E-state index contributed by atoms with van der Waals surface area (Å²) in [6, 6.07) is 178. The zero-order valence-electron chi connectivity index (χ0n) is 87.5.